The van der Waals surface area contributed by atoms with Crippen LogP contribution in [-0.2, 0) is 19.6 Å². The Kier molecular flexibility index (Phi) is 7.72. The van der Waals surface area contributed by atoms with Crippen molar-refractivity contribution in [1.29, 1.82) is 0 Å². The maximum atomic E-state index is 13.6. The Bertz CT molecular complexity index is 1400. The molecule has 0 radical (unpaired) electrons. The predicted molar refractivity (Wildman–Crippen MR) is 151 cm³/mol. The number of carbonyl (C=O) groups is 2. The maximum Gasteiger partial charge on any atom is 0.333 e. The first-order chi connectivity index (χ1) is 18.7. The van der Waals surface area contributed by atoms with Crippen molar-refractivity contribution in [2.75, 3.05) is 42.5 Å². The SMILES string of the molecule is CS(=O)(=O)Nc1ccc(C(=O)C[N+]23CCC(CC2)[C@@H](OC(=O)C(Nc2ccccc2)c2ccccc2)C3)cc1. The highest BCUT2D eigenvalue weighted by molar-refractivity contribution is 7.92. The summed E-state index contributed by atoms with van der Waals surface area (Å²) in [5, 5.41) is 3.33. The van der Waals surface area contributed by atoms with Crippen molar-refractivity contribution < 1.29 is 27.2 Å². The van der Waals surface area contributed by atoms with E-state index in [1.165, 1.54) is 0 Å². The molecule has 3 aromatic rings. The summed E-state index contributed by atoms with van der Waals surface area (Å²) < 4.78 is 32.1. The average Bonchev–Trinajstić information content (AvgIpc) is 2.92. The second kappa shape index (κ2) is 11.2. The highest BCUT2D eigenvalue weighted by Crippen LogP contribution is 2.37. The smallest absolute Gasteiger partial charge is 0.333 e. The van der Waals surface area contributed by atoms with E-state index in [1.54, 1.807) is 24.3 Å². The van der Waals surface area contributed by atoms with Crippen molar-refractivity contribution in [3.8, 4) is 0 Å². The third-order valence-corrected chi connectivity index (χ3v) is 8.36. The number of rotatable bonds is 10. The van der Waals surface area contributed by atoms with Crippen molar-refractivity contribution >= 4 is 33.2 Å². The van der Waals surface area contributed by atoms with Crippen LogP contribution in [0.5, 0.6) is 0 Å². The Morgan fingerprint density at radius 1 is 0.897 bits per heavy atom. The third-order valence-electron chi connectivity index (χ3n) is 7.75. The lowest BCUT2D eigenvalue weighted by molar-refractivity contribution is -0.938. The molecular formula is C30H34N3O5S+. The van der Waals surface area contributed by atoms with E-state index >= 15 is 0 Å². The highest BCUT2D eigenvalue weighted by Gasteiger charge is 2.49. The van der Waals surface area contributed by atoms with Gasteiger partial charge < -0.3 is 14.5 Å². The predicted octanol–water partition coefficient (Wildman–Crippen LogP) is 4.25. The molecule has 2 bridgehead atoms. The van der Waals surface area contributed by atoms with Crippen molar-refractivity contribution in [2.45, 2.75) is 25.0 Å². The van der Waals surface area contributed by atoms with E-state index < -0.39 is 16.1 Å². The minimum Gasteiger partial charge on any atom is -0.454 e. The molecule has 9 heteroatoms. The molecule has 39 heavy (non-hydrogen) atoms. The number of Topliss-reactive ketones (excluding diaryl/α,β-unsaturated/α-hetero) is 1. The van der Waals surface area contributed by atoms with Gasteiger partial charge in [-0.3, -0.25) is 9.52 Å². The van der Waals surface area contributed by atoms with Gasteiger partial charge in [0.25, 0.3) is 0 Å². The maximum absolute atomic E-state index is 13.6. The molecule has 3 aromatic carbocycles. The molecule has 6 rings (SSSR count). The molecular weight excluding hydrogens is 514 g/mol. The molecule has 3 heterocycles. The molecule has 2 atom stereocenters. The molecule has 3 fully saturated rings. The molecule has 204 valence electrons. The van der Waals surface area contributed by atoms with E-state index in [0.717, 1.165) is 43.4 Å². The van der Waals surface area contributed by atoms with Gasteiger partial charge in [0.2, 0.25) is 15.8 Å². The van der Waals surface area contributed by atoms with Gasteiger partial charge in [0.05, 0.1) is 19.3 Å². The molecule has 0 saturated carbocycles. The van der Waals surface area contributed by atoms with Gasteiger partial charge in [-0.1, -0.05) is 48.5 Å². The first-order valence-corrected chi connectivity index (χ1v) is 15.1. The van der Waals surface area contributed by atoms with E-state index in [-0.39, 0.29) is 17.9 Å². The fourth-order valence-electron chi connectivity index (χ4n) is 5.75. The van der Waals surface area contributed by atoms with Gasteiger partial charge in [-0.2, -0.15) is 0 Å². The molecule has 0 aromatic heterocycles. The van der Waals surface area contributed by atoms with E-state index in [9.17, 15) is 18.0 Å². The molecule has 1 unspecified atom stereocenters. The standard InChI is InChI=1S/C30H33N3O5S/c1-39(36,37)32-26-14-12-22(13-15-26)27(34)20-33-18-16-23(17-19-33)28(21-33)38-30(35)29(24-8-4-2-5-9-24)31-25-10-6-3-7-11-25/h2-15,23,28-29,31H,16-21H2,1H3/p+1/t23?,28-,29?,33?/m0/s1. The first-order valence-electron chi connectivity index (χ1n) is 13.2. The lowest BCUT2D eigenvalue weighted by Gasteiger charge is -2.51. The zero-order chi connectivity index (χ0) is 27.5. The van der Waals surface area contributed by atoms with E-state index in [1.807, 2.05) is 60.7 Å². The normalized spacial score (nSPS) is 23.0. The van der Waals surface area contributed by atoms with Crippen LogP contribution in [0.2, 0.25) is 0 Å². The number of piperidine rings is 3. The third kappa shape index (κ3) is 6.66. The Balaban J connectivity index is 1.27. The zero-order valence-corrected chi connectivity index (χ0v) is 22.8. The van der Waals surface area contributed by atoms with Gasteiger partial charge in [0.1, 0.15) is 13.1 Å². The number of carbonyl (C=O) groups excluding carboxylic acids is 2. The van der Waals surface area contributed by atoms with Gasteiger partial charge in [0, 0.05) is 35.7 Å². The summed E-state index contributed by atoms with van der Waals surface area (Å²) in [6, 6.07) is 25.1. The molecule has 3 saturated heterocycles. The Hall–Kier alpha value is -3.69. The Labute approximate surface area is 229 Å². The van der Waals surface area contributed by atoms with Crippen LogP contribution >= 0.6 is 0 Å². The van der Waals surface area contributed by atoms with Crippen LogP contribution in [0.15, 0.2) is 84.9 Å². The average molecular weight is 549 g/mol. The van der Waals surface area contributed by atoms with Gasteiger partial charge in [0.15, 0.2) is 12.1 Å². The number of sulfonamides is 1. The van der Waals surface area contributed by atoms with Crippen molar-refractivity contribution in [3.63, 3.8) is 0 Å². The summed E-state index contributed by atoms with van der Waals surface area (Å²) in [5.41, 5.74) is 2.63. The Morgan fingerprint density at radius 2 is 1.51 bits per heavy atom. The number of anilines is 2. The molecule has 3 aliphatic heterocycles. The number of nitrogens with one attached hydrogen (secondary N) is 2. The molecule has 2 N–H and O–H groups in total. The van der Waals surface area contributed by atoms with Crippen LogP contribution in [0.3, 0.4) is 0 Å². The lowest BCUT2D eigenvalue weighted by Crippen LogP contribution is -2.65. The van der Waals surface area contributed by atoms with Crippen molar-refractivity contribution in [1.82, 2.24) is 0 Å². The van der Waals surface area contributed by atoms with Gasteiger partial charge in [-0.15, -0.1) is 0 Å². The topological polar surface area (TPSA) is 102 Å². The van der Waals surface area contributed by atoms with Crippen molar-refractivity contribution in [3.05, 3.63) is 96.1 Å². The van der Waals surface area contributed by atoms with Gasteiger partial charge in [-0.05, 0) is 42.0 Å². The zero-order valence-electron chi connectivity index (χ0n) is 22.0. The van der Waals surface area contributed by atoms with E-state index in [4.69, 9.17) is 4.74 Å². The van der Waals surface area contributed by atoms with Crippen LogP contribution in [0.1, 0.15) is 34.8 Å². The number of fused-ring (bicyclic) bond motifs is 3. The number of ether oxygens (including phenoxy) is 1. The lowest BCUT2D eigenvalue weighted by atomic mass is 9.82. The van der Waals surface area contributed by atoms with Crippen LogP contribution in [0.25, 0.3) is 0 Å². The van der Waals surface area contributed by atoms with Crippen LogP contribution in [-0.4, -0.2) is 63.2 Å². The fraction of sp³-hybridized carbons (Fsp3) is 0.333. The number of nitrogens with zero attached hydrogens (tertiary/aromatic N) is 1. The minimum absolute atomic E-state index is 0.000705. The van der Waals surface area contributed by atoms with E-state index in [2.05, 4.69) is 10.0 Å². The molecule has 3 aliphatic rings. The van der Waals surface area contributed by atoms with Crippen LogP contribution in [0, 0.1) is 5.92 Å². The van der Waals surface area contributed by atoms with Gasteiger partial charge >= 0.3 is 5.97 Å². The number of esters is 1. The van der Waals surface area contributed by atoms with Crippen molar-refractivity contribution in [2.24, 2.45) is 5.92 Å². The molecule has 8 nitrogen and oxygen atoms in total. The number of para-hydroxylation sites is 1. The van der Waals surface area contributed by atoms with Crippen LogP contribution < -0.4 is 10.0 Å². The number of benzene rings is 3. The second-order valence-electron chi connectivity index (χ2n) is 10.7. The number of quaternary nitrogens is 1. The highest BCUT2D eigenvalue weighted by atomic mass is 32.2. The quantitative estimate of drug-likeness (QED) is 0.223. The fourth-order valence-corrected chi connectivity index (χ4v) is 6.32. The van der Waals surface area contributed by atoms with Gasteiger partial charge in [-0.25, -0.2) is 13.2 Å². The minimum atomic E-state index is -3.38. The second-order valence-corrected chi connectivity index (χ2v) is 12.4. The first kappa shape index (κ1) is 26.9. The number of hydrogen-bond acceptors (Lipinski definition) is 6. The Morgan fingerprint density at radius 3 is 2.13 bits per heavy atom. The molecule has 0 aliphatic carbocycles. The summed E-state index contributed by atoms with van der Waals surface area (Å²) >= 11 is 0. The summed E-state index contributed by atoms with van der Waals surface area (Å²) in [7, 11) is -3.38. The summed E-state index contributed by atoms with van der Waals surface area (Å²) in [6.45, 7) is 2.69. The molecule has 0 amide bonds. The number of hydrogen-bond donors (Lipinski definition) is 2. The monoisotopic (exact) mass is 548 g/mol. The van der Waals surface area contributed by atoms with E-state index in [0.29, 0.717) is 34.7 Å². The number of ketones is 1. The van der Waals surface area contributed by atoms with Crippen LogP contribution in [0.4, 0.5) is 11.4 Å². The summed E-state index contributed by atoms with van der Waals surface area (Å²) in [6.07, 6.45) is 2.65. The largest absolute Gasteiger partial charge is 0.454 e. The summed E-state index contributed by atoms with van der Waals surface area (Å²) in [5.74, 6) is -0.0277. The summed E-state index contributed by atoms with van der Waals surface area (Å²) in [4.78, 5) is 26.8. The molecule has 0 spiro atoms.